The Morgan fingerprint density at radius 2 is 1.89 bits per heavy atom. The molecule has 6 nitrogen and oxygen atoms in total. The first-order chi connectivity index (χ1) is 13.5. The van der Waals surface area contributed by atoms with Crippen LogP contribution in [-0.2, 0) is 14.3 Å². The van der Waals surface area contributed by atoms with Gasteiger partial charge in [0.05, 0.1) is 20.1 Å². The summed E-state index contributed by atoms with van der Waals surface area (Å²) in [5.74, 6) is 0.241. The van der Waals surface area contributed by atoms with Crippen LogP contribution in [0.25, 0.3) is 0 Å². The Hall–Kier alpha value is -2.50. The van der Waals surface area contributed by atoms with Gasteiger partial charge in [-0.2, -0.15) is 0 Å². The number of hydrogen-bond donors (Lipinski definition) is 0. The molecule has 0 saturated heterocycles. The van der Waals surface area contributed by atoms with E-state index in [1.54, 1.807) is 31.1 Å². The minimum absolute atomic E-state index is 0.104. The van der Waals surface area contributed by atoms with Gasteiger partial charge in [-0.25, -0.2) is 0 Å². The van der Waals surface area contributed by atoms with Gasteiger partial charge in [0, 0.05) is 13.1 Å². The standard InChI is InChI=1S/C22H31NO5/c1-17(22(25)27-3)15-23(14-13-18-9-5-4-6-10-18)21(24)16-28-20-12-8-7-11-19(20)26-2/h7-9,11-12,17H,4-6,10,13-16H2,1-3H3. The van der Waals surface area contributed by atoms with Gasteiger partial charge in [-0.05, 0) is 44.2 Å². The minimum atomic E-state index is -0.388. The molecule has 28 heavy (non-hydrogen) atoms. The lowest BCUT2D eigenvalue weighted by atomic mass is 9.97. The SMILES string of the molecule is COC(=O)C(C)CN(CCC1=CCCCC1)C(=O)COc1ccccc1OC. The molecule has 0 aliphatic heterocycles. The average Bonchev–Trinajstić information content (AvgIpc) is 2.74. The Labute approximate surface area is 167 Å². The summed E-state index contributed by atoms with van der Waals surface area (Å²) in [5.41, 5.74) is 1.39. The maximum Gasteiger partial charge on any atom is 0.310 e. The lowest BCUT2D eigenvalue weighted by molar-refractivity contribution is -0.146. The Morgan fingerprint density at radius 3 is 2.54 bits per heavy atom. The van der Waals surface area contributed by atoms with Gasteiger partial charge in [0.15, 0.2) is 18.1 Å². The Bertz CT molecular complexity index is 685. The molecule has 154 valence electrons. The van der Waals surface area contributed by atoms with E-state index in [9.17, 15) is 9.59 Å². The summed E-state index contributed by atoms with van der Waals surface area (Å²) in [6, 6.07) is 7.22. The van der Waals surface area contributed by atoms with E-state index in [1.807, 2.05) is 12.1 Å². The molecule has 0 spiro atoms. The van der Waals surface area contributed by atoms with Gasteiger partial charge < -0.3 is 19.1 Å². The van der Waals surface area contributed by atoms with Gasteiger partial charge in [0.25, 0.3) is 5.91 Å². The van der Waals surface area contributed by atoms with Crippen molar-refractivity contribution in [2.45, 2.75) is 39.0 Å². The number of allylic oxidation sites excluding steroid dienone is 1. The van der Waals surface area contributed by atoms with Crippen molar-refractivity contribution < 1.29 is 23.8 Å². The van der Waals surface area contributed by atoms with E-state index in [0.717, 1.165) is 19.3 Å². The first kappa shape index (κ1) is 21.8. The lowest BCUT2D eigenvalue weighted by Crippen LogP contribution is -2.40. The summed E-state index contributed by atoms with van der Waals surface area (Å²) < 4.78 is 15.8. The number of amides is 1. The van der Waals surface area contributed by atoms with E-state index in [4.69, 9.17) is 14.2 Å². The molecule has 1 aliphatic carbocycles. The van der Waals surface area contributed by atoms with Gasteiger partial charge in [-0.3, -0.25) is 9.59 Å². The number of nitrogens with zero attached hydrogens (tertiary/aromatic N) is 1. The van der Waals surface area contributed by atoms with Crippen LogP contribution in [0.3, 0.4) is 0 Å². The molecule has 0 aromatic heterocycles. The molecule has 0 saturated carbocycles. The number of carbonyl (C=O) groups is 2. The largest absolute Gasteiger partial charge is 0.493 e. The van der Waals surface area contributed by atoms with Gasteiger partial charge in [-0.1, -0.05) is 30.7 Å². The van der Waals surface area contributed by atoms with Crippen molar-refractivity contribution in [3.8, 4) is 11.5 Å². The summed E-state index contributed by atoms with van der Waals surface area (Å²) in [4.78, 5) is 26.3. The first-order valence-electron chi connectivity index (χ1n) is 9.84. The molecule has 0 bridgehead atoms. The maximum atomic E-state index is 12.8. The number of rotatable bonds is 10. The van der Waals surface area contributed by atoms with Gasteiger partial charge in [0.1, 0.15) is 0 Å². The predicted molar refractivity (Wildman–Crippen MR) is 107 cm³/mol. The van der Waals surface area contributed by atoms with E-state index < -0.39 is 0 Å². The summed E-state index contributed by atoms with van der Waals surface area (Å²) >= 11 is 0. The Balaban J connectivity index is 2.00. The fourth-order valence-corrected chi connectivity index (χ4v) is 3.30. The normalized spacial score (nSPS) is 14.6. The Morgan fingerprint density at radius 1 is 1.14 bits per heavy atom. The van der Waals surface area contributed by atoms with Crippen LogP contribution >= 0.6 is 0 Å². The molecule has 1 atom stereocenters. The monoisotopic (exact) mass is 389 g/mol. The second-order valence-corrected chi connectivity index (χ2v) is 7.06. The number of para-hydroxylation sites is 2. The summed E-state index contributed by atoms with van der Waals surface area (Å²) in [5, 5.41) is 0. The maximum absolute atomic E-state index is 12.8. The summed E-state index contributed by atoms with van der Waals surface area (Å²) in [7, 11) is 2.93. The van der Waals surface area contributed by atoms with Crippen LogP contribution in [0.5, 0.6) is 11.5 Å². The highest BCUT2D eigenvalue weighted by molar-refractivity contribution is 5.79. The zero-order valence-corrected chi connectivity index (χ0v) is 17.1. The molecule has 1 unspecified atom stereocenters. The number of hydrogen-bond acceptors (Lipinski definition) is 5. The van der Waals surface area contributed by atoms with E-state index in [-0.39, 0.29) is 24.4 Å². The van der Waals surface area contributed by atoms with Crippen molar-refractivity contribution in [2.24, 2.45) is 5.92 Å². The molecule has 1 aromatic rings. The molecular weight excluding hydrogens is 358 g/mol. The van der Waals surface area contributed by atoms with Crippen LogP contribution in [0.2, 0.25) is 0 Å². The molecule has 1 amide bonds. The number of esters is 1. The fraction of sp³-hybridized carbons (Fsp3) is 0.545. The highest BCUT2D eigenvalue weighted by atomic mass is 16.5. The number of methoxy groups -OCH3 is 2. The quantitative estimate of drug-likeness (QED) is 0.452. The zero-order valence-electron chi connectivity index (χ0n) is 17.1. The second kappa shape index (κ2) is 11.4. The van der Waals surface area contributed by atoms with Crippen LogP contribution in [0, 0.1) is 5.92 Å². The Kier molecular flexibility index (Phi) is 8.85. The summed E-state index contributed by atoms with van der Waals surface area (Å²) in [6.07, 6.45) is 7.74. The van der Waals surface area contributed by atoms with Crippen LogP contribution in [-0.4, -0.2) is 50.7 Å². The van der Waals surface area contributed by atoms with Gasteiger partial charge in [-0.15, -0.1) is 0 Å². The zero-order chi connectivity index (χ0) is 20.4. The molecule has 0 heterocycles. The average molecular weight is 389 g/mol. The molecule has 0 radical (unpaired) electrons. The van der Waals surface area contributed by atoms with Crippen LogP contribution in [0.15, 0.2) is 35.9 Å². The van der Waals surface area contributed by atoms with E-state index in [0.29, 0.717) is 24.6 Å². The van der Waals surface area contributed by atoms with Crippen LogP contribution in [0.4, 0.5) is 0 Å². The van der Waals surface area contributed by atoms with Crippen LogP contribution in [0.1, 0.15) is 39.0 Å². The number of ether oxygens (including phenoxy) is 3. The fourth-order valence-electron chi connectivity index (χ4n) is 3.30. The molecule has 1 aromatic carbocycles. The topological polar surface area (TPSA) is 65.1 Å². The smallest absolute Gasteiger partial charge is 0.310 e. The molecule has 0 N–H and O–H groups in total. The molecule has 2 rings (SSSR count). The highest BCUT2D eigenvalue weighted by Gasteiger charge is 2.22. The number of carbonyl (C=O) groups excluding carboxylic acids is 2. The first-order valence-corrected chi connectivity index (χ1v) is 9.84. The summed E-state index contributed by atoms with van der Waals surface area (Å²) in [6.45, 7) is 2.55. The predicted octanol–water partition coefficient (Wildman–Crippen LogP) is 3.60. The van der Waals surface area contributed by atoms with Crippen LogP contribution < -0.4 is 9.47 Å². The third-order valence-electron chi connectivity index (χ3n) is 4.96. The van der Waals surface area contributed by atoms with Gasteiger partial charge >= 0.3 is 5.97 Å². The van der Waals surface area contributed by atoms with Crippen molar-refractivity contribution >= 4 is 11.9 Å². The van der Waals surface area contributed by atoms with Crippen molar-refractivity contribution in [3.63, 3.8) is 0 Å². The minimum Gasteiger partial charge on any atom is -0.493 e. The number of benzene rings is 1. The third-order valence-corrected chi connectivity index (χ3v) is 4.96. The molecule has 0 fully saturated rings. The molecule has 1 aliphatic rings. The third kappa shape index (κ3) is 6.59. The lowest BCUT2D eigenvalue weighted by Gasteiger charge is -2.26. The van der Waals surface area contributed by atoms with Crippen molar-refractivity contribution in [1.82, 2.24) is 4.90 Å². The van der Waals surface area contributed by atoms with Crippen molar-refractivity contribution in [3.05, 3.63) is 35.9 Å². The van der Waals surface area contributed by atoms with E-state index in [2.05, 4.69) is 6.08 Å². The van der Waals surface area contributed by atoms with Crippen molar-refractivity contribution in [2.75, 3.05) is 33.9 Å². The molecular formula is C22H31NO5. The van der Waals surface area contributed by atoms with Crippen molar-refractivity contribution in [1.29, 1.82) is 0 Å². The van der Waals surface area contributed by atoms with E-state index in [1.165, 1.54) is 25.5 Å². The highest BCUT2D eigenvalue weighted by Crippen LogP contribution is 2.26. The van der Waals surface area contributed by atoms with E-state index >= 15 is 0 Å². The van der Waals surface area contributed by atoms with Gasteiger partial charge in [0.2, 0.25) is 0 Å². The second-order valence-electron chi connectivity index (χ2n) is 7.06. The molecule has 6 heteroatoms.